The predicted octanol–water partition coefficient (Wildman–Crippen LogP) is 0.650. The molecule has 0 aliphatic carbocycles. The molecule has 0 saturated carbocycles. The van der Waals surface area contributed by atoms with E-state index in [1.165, 1.54) is 12.1 Å². The number of nitrogens with zero attached hydrogens (tertiary/aromatic N) is 1. The van der Waals surface area contributed by atoms with E-state index in [-0.39, 0.29) is 40.9 Å². The average molecular weight is 327 g/mol. The van der Waals surface area contributed by atoms with Crippen LogP contribution in [0.5, 0.6) is 0 Å². The molecule has 9 heteroatoms. The van der Waals surface area contributed by atoms with E-state index in [0.29, 0.717) is 12.0 Å². The zero-order valence-corrected chi connectivity index (χ0v) is 12.9. The molecule has 3 N–H and O–H groups in total. The van der Waals surface area contributed by atoms with Gasteiger partial charge in [0.05, 0.1) is 22.0 Å². The van der Waals surface area contributed by atoms with E-state index >= 15 is 0 Å². The summed E-state index contributed by atoms with van der Waals surface area (Å²) < 4.78 is 22.7. The molecule has 1 heterocycles. The minimum absolute atomic E-state index is 0.0348. The molecular formula is C13H17N3O5S. The highest BCUT2D eigenvalue weighted by atomic mass is 32.2. The third-order valence-electron chi connectivity index (χ3n) is 3.62. The fraction of sp³-hybridized carbons (Fsp3) is 0.462. The summed E-state index contributed by atoms with van der Waals surface area (Å²) in [5.41, 5.74) is 5.77. The van der Waals surface area contributed by atoms with Crippen molar-refractivity contribution >= 4 is 27.1 Å². The molecule has 1 saturated heterocycles. The van der Waals surface area contributed by atoms with Crippen LogP contribution in [0, 0.1) is 23.0 Å². The van der Waals surface area contributed by atoms with Gasteiger partial charge in [0.2, 0.25) is 0 Å². The molecule has 2 rings (SSSR count). The van der Waals surface area contributed by atoms with Gasteiger partial charge in [-0.25, -0.2) is 8.42 Å². The third kappa shape index (κ3) is 3.53. The van der Waals surface area contributed by atoms with Crippen LogP contribution in [0.25, 0.3) is 0 Å². The second-order valence-electron chi connectivity index (χ2n) is 5.48. The summed E-state index contributed by atoms with van der Waals surface area (Å²) >= 11 is 0. The molecule has 8 nitrogen and oxygen atoms in total. The summed E-state index contributed by atoms with van der Waals surface area (Å²) in [4.78, 5) is 22.4. The van der Waals surface area contributed by atoms with E-state index in [1.807, 2.05) is 0 Å². The second-order valence-corrected chi connectivity index (χ2v) is 7.71. The van der Waals surface area contributed by atoms with Crippen LogP contribution < -0.4 is 11.1 Å². The highest BCUT2D eigenvalue weighted by molar-refractivity contribution is 7.91. The highest BCUT2D eigenvalue weighted by Crippen LogP contribution is 2.27. The Balaban J connectivity index is 2.12. The number of nitro benzene ring substituents is 1. The number of nitro groups is 1. The molecule has 0 unspecified atom stereocenters. The monoisotopic (exact) mass is 327 g/mol. The Hall–Kier alpha value is -2.16. The lowest BCUT2D eigenvalue weighted by Gasteiger charge is -2.11. The Kier molecular flexibility index (Phi) is 4.36. The van der Waals surface area contributed by atoms with Crippen molar-refractivity contribution in [2.45, 2.75) is 13.3 Å². The molecule has 1 aliphatic heterocycles. The lowest BCUT2D eigenvalue weighted by Crippen LogP contribution is -2.30. The first-order valence-corrected chi connectivity index (χ1v) is 8.55. The van der Waals surface area contributed by atoms with E-state index < -0.39 is 20.7 Å². The molecule has 1 amide bonds. The molecule has 1 fully saturated rings. The third-order valence-corrected chi connectivity index (χ3v) is 5.46. The molecule has 120 valence electrons. The van der Waals surface area contributed by atoms with Gasteiger partial charge < -0.3 is 11.1 Å². The van der Waals surface area contributed by atoms with Gasteiger partial charge >= 0.3 is 0 Å². The Bertz CT molecular complexity index is 729. The van der Waals surface area contributed by atoms with Crippen molar-refractivity contribution in [3.05, 3.63) is 33.4 Å². The molecule has 1 aromatic rings. The number of nitrogens with two attached hydrogens (primary N) is 1. The first-order chi connectivity index (χ1) is 10.2. The average Bonchev–Trinajstić information content (AvgIpc) is 2.77. The number of rotatable bonds is 4. The van der Waals surface area contributed by atoms with E-state index in [4.69, 9.17) is 5.73 Å². The van der Waals surface area contributed by atoms with Gasteiger partial charge in [-0.15, -0.1) is 0 Å². The molecule has 1 aromatic carbocycles. The van der Waals surface area contributed by atoms with Crippen LogP contribution in [0.3, 0.4) is 0 Å². The van der Waals surface area contributed by atoms with Crippen molar-refractivity contribution < 1.29 is 18.1 Å². The molecule has 1 atom stereocenters. The topological polar surface area (TPSA) is 132 Å². The number of sulfone groups is 1. The van der Waals surface area contributed by atoms with Gasteiger partial charge in [0, 0.05) is 12.6 Å². The first-order valence-electron chi connectivity index (χ1n) is 6.73. The van der Waals surface area contributed by atoms with Crippen LogP contribution in [0.4, 0.5) is 11.4 Å². The first kappa shape index (κ1) is 16.2. The zero-order chi connectivity index (χ0) is 16.5. The van der Waals surface area contributed by atoms with Crippen LogP contribution in [0.15, 0.2) is 12.1 Å². The molecular weight excluding hydrogens is 310 g/mol. The van der Waals surface area contributed by atoms with Gasteiger partial charge in [-0.1, -0.05) is 0 Å². The largest absolute Gasteiger partial charge is 0.393 e. The Labute approximate surface area is 127 Å². The van der Waals surface area contributed by atoms with E-state index in [2.05, 4.69) is 5.32 Å². The molecule has 1 aliphatic rings. The number of hydrogen-bond acceptors (Lipinski definition) is 6. The van der Waals surface area contributed by atoms with Gasteiger partial charge in [0.1, 0.15) is 5.69 Å². The Morgan fingerprint density at radius 1 is 1.50 bits per heavy atom. The van der Waals surface area contributed by atoms with Gasteiger partial charge in [-0.05, 0) is 30.9 Å². The number of nitrogens with one attached hydrogen (secondary N) is 1. The summed E-state index contributed by atoms with van der Waals surface area (Å²) in [7, 11) is -3.01. The summed E-state index contributed by atoms with van der Waals surface area (Å²) in [6, 6.07) is 2.78. The lowest BCUT2D eigenvalue weighted by molar-refractivity contribution is -0.384. The fourth-order valence-electron chi connectivity index (χ4n) is 2.48. The number of aryl methyl sites for hydroxylation is 1. The summed E-state index contributed by atoms with van der Waals surface area (Å²) in [6.07, 6.45) is 0.506. The van der Waals surface area contributed by atoms with Crippen molar-refractivity contribution in [3.63, 3.8) is 0 Å². The number of carbonyl (C=O) groups excluding carboxylic acids is 1. The normalized spacial score (nSPS) is 19.8. The molecule has 22 heavy (non-hydrogen) atoms. The van der Waals surface area contributed by atoms with Crippen LogP contribution in [-0.2, 0) is 9.84 Å². The number of nitrogen functional groups attached to an aromatic ring is 1. The van der Waals surface area contributed by atoms with Crippen molar-refractivity contribution in [3.8, 4) is 0 Å². The van der Waals surface area contributed by atoms with E-state index in [1.54, 1.807) is 6.92 Å². The van der Waals surface area contributed by atoms with Crippen molar-refractivity contribution in [2.24, 2.45) is 5.92 Å². The van der Waals surface area contributed by atoms with Gasteiger partial charge in [0.25, 0.3) is 11.6 Å². The summed E-state index contributed by atoms with van der Waals surface area (Å²) in [5.74, 6) is -0.481. The highest BCUT2D eigenvalue weighted by Gasteiger charge is 2.28. The van der Waals surface area contributed by atoms with Crippen molar-refractivity contribution in [2.75, 3.05) is 23.8 Å². The van der Waals surface area contributed by atoms with Crippen molar-refractivity contribution in [1.82, 2.24) is 5.32 Å². The number of anilines is 1. The van der Waals surface area contributed by atoms with Crippen LogP contribution in [-0.4, -0.2) is 37.3 Å². The molecule has 0 aromatic heterocycles. The second kappa shape index (κ2) is 5.91. The molecule has 0 spiro atoms. The maximum Gasteiger partial charge on any atom is 0.293 e. The van der Waals surface area contributed by atoms with Crippen LogP contribution in [0.2, 0.25) is 0 Å². The van der Waals surface area contributed by atoms with Crippen LogP contribution in [0.1, 0.15) is 22.3 Å². The minimum Gasteiger partial charge on any atom is -0.393 e. The molecule has 0 radical (unpaired) electrons. The number of amides is 1. The van der Waals surface area contributed by atoms with Crippen molar-refractivity contribution in [1.29, 1.82) is 0 Å². The Morgan fingerprint density at radius 3 is 2.73 bits per heavy atom. The maximum absolute atomic E-state index is 12.1. The lowest BCUT2D eigenvalue weighted by atomic mass is 10.1. The molecule has 0 bridgehead atoms. The van der Waals surface area contributed by atoms with E-state index in [0.717, 1.165) is 0 Å². The number of carbonyl (C=O) groups is 1. The maximum atomic E-state index is 12.1. The van der Waals surface area contributed by atoms with Gasteiger partial charge in [-0.2, -0.15) is 0 Å². The van der Waals surface area contributed by atoms with Gasteiger partial charge in [0.15, 0.2) is 9.84 Å². The smallest absolute Gasteiger partial charge is 0.293 e. The quantitative estimate of drug-likeness (QED) is 0.474. The fourth-order valence-corrected chi connectivity index (χ4v) is 4.34. The number of hydrogen-bond donors (Lipinski definition) is 2. The van der Waals surface area contributed by atoms with E-state index in [9.17, 15) is 23.3 Å². The minimum atomic E-state index is -3.01. The SMILES string of the molecule is Cc1cc(C(=O)NC[C@@H]2CCS(=O)(=O)C2)c(N)c([N+](=O)[O-])c1. The zero-order valence-electron chi connectivity index (χ0n) is 12.0. The predicted molar refractivity (Wildman–Crippen MR) is 81.3 cm³/mol. The summed E-state index contributed by atoms with van der Waals surface area (Å²) in [5, 5.41) is 13.5. The summed E-state index contributed by atoms with van der Waals surface area (Å²) in [6.45, 7) is 1.84. The standard InChI is InChI=1S/C13H17N3O5S/c1-8-4-10(12(14)11(5-8)16(18)19)13(17)15-6-9-2-3-22(20,21)7-9/h4-5,9H,2-3,6-7,14H2,1H3,(H,15,17)/t9-/m0/s1. The number of benzene rings is 1. The van der Waals surface area contributed by atoms with Gasteiger partial charge in [-0.3, -0.25) is 14.9 Å². The Morgan fingerprint density at radius 2 is 2.18 bits per heavy atom. The van der Waals surface area contributed by atoms with Crippen LogP contribution >= 0.6 is 0 Å².